The minimum Gasteiger partial charge on any atom is -0.0853 e. The summed E-state index contributed by atoms with van der Waals surface area (Å²) in [5.74, 6) is 0.914. The van der Waals surface area contributed by atoms with Crippen molar-refractivity contribution in [2.75, 3.05) is 0 Å². The van der Waals surface area contributed by atoms with E-state index in [0.29, 0.717) is 4.32 Å². The van der Waals surface area contributed by atoms with Crippen molar-refractivity contribution in [1.82, 2.24) is 0 Å². The molecule has 0 aliphatic heterocycles. The van der Waals surface area contributed by atoms with Gasteiger partial charge in [0, 0.05) is 4.32 Å². The molecule has 0 aromatic rings. The zero-order valence-corrected chi connectivity index (χ0v) is 5.75. The Morgan fingerprint density at radius 1 is 1.83 bits per heavy atom. The summed E-state index contributed by atoms with van der Waals surface area (Å²) in [6.45, 7) is 4.49. The molecule has 0 aromatic heterocycles. The molecule has 0 bridgehead atoms. The van der Waals surface area contributed by atoms with Crippen molar-refractivity contribution < 1.29 is 0 Å². The van der Waals surface area contributed by atoms with Gasteiger partial charge < -0.3 is 0 Å². The predicted molar refractivity (Wildman–Crippen MR) is 31.1 cm³/mol. The molecule has 0 nitrogen and oxygen atoms in total. The molecule has 0 amide bonds. The first-order valence-electron chi connectivity index (χ1n) is 2.32. The van der Waals surface area contributed by atoms with Crippen LogP contribution in [-0.4, -0.2) is 4.32 Å². The Kier molecular flexibility index (Phi) is 0.773. The fourth-order valence-electron chi connectivity index (χ4n) is 0.540. The highest BCUT2D eigenvalue weighted by molar-refractivity contribution is 9.10. The third-order valence-corrected chi connectivity index (χ3v) is 2.68. The SMILES string of the molecule is C[C@H]1C[C@]1(C)Br. The molecule has 1 aliphatic carbocycles. The third kappa shape index (κ3) is 0.604. The average Bonchev–Trinajstić information content (AvgIpc) is 1.73. The second-order valence-corrected chi connectivity index (χ2v) is 4.19. The van der Waals surface area contributed by atoms with Crippen LogP contribution in [0.3, 0.4) is 0 Å². The van der Waals surface area contributed by atoms with Gasteiger partial charge in [0.25, 0.3) is 0 Å². The van der Waals surface area contributed by atoms with E-state index in [1.807, 2.05) is 0 Å². The van der Waals surface area contributed by atoms with E-state index < -0.39 is 0 Å². The first-order valence-corrected chi connectivity index (χ1v) is 3.11. The molecule has 1 saturated carbocycles. The van der Waals surface area contributed by atoms with E-state index in [2.05, 4.69) is 29.8 Å². The molecular weight excluding hydrogens is 140 g/mol. The summed E-state index contributed by atoms with van der Waals surface area (Å²) < 4.78 is 0.521. The molecule has 2 atom stereocenters. The molecule has 0 saturated heterocycles. The van der Waals surface area contributed by atoms with Crippen molar-refractivity contribution in [3.63, 3.8) is 0 Å². The highest BCUT2D eigenvalue weighted by atomic mass is 79.9. The average molecular weight is 149 g/mol. The molecule has 0 aromatic carbocycles. The third-order valence-electron chi connectivity index (χ3n) is 1.57. The summed E-state index contributed by atoms with van der Waals surface area (Å²) in [7, 11) is 0. The van der Waals surface area contributed by atoms with E-state index in [0.717, 1.165) is 5.92 Å². The van der Waals surface area contributed by atoms with Gasteiger partial charge in [0.2, 0.25) is 0 Å². The molecule has 0 radical (unpaired) electrons. The second kappa shape index (κ2) is 1.00. The monoisotopic (exact) mass is 148 g/mol. The maximum atomic E-state index is 3.55. The number of halogens is 1. The lowest BCUT2D eigenvalue weighted by Gasteiger charge is -1.89. The molecule has 0 heterocycles. The fraction of sp³-hybridized carbons (Fsp3) is 1.00. The quantitative estimate of drug-likeness (QED) is 0.463. The topological polar surface area (TPSA) is 0 Å². The van der Waals surface area contributed by atoms with Gasteiger partial charge in [0.1, 0.15) is 0 Å². The minimum atomic E-state index is 0.521. The Morgan fingerprint density at radius 3 is 2.00 bits per heavy atom. The van der Waals surface area contributed by atoms with E-state index in [1.165, 1.54) is 6.42 Å². The van der Waals surface area contributed by atoms with Crippen LogP contribution >= 0.6 is 15.9 Å². The molecule has 0 unspecified atom stereocenters. The number of hydrogen-bond donors (Lipinski definition) is 0. The van der Waals surface area contributed by atoms with Gasteiger partial charge in [-0.05, 0) is 19.3 Å². The Morgan fingerprint density at radius 2 is 2.00 bits per heavy atom. The lowest BCUT2D eigenvalue weighted by Crippen LogP contribution is -1.86. The van der Waals surface area contributed by atoms with Crippen LogP contribution in [0.1, 0.15) is 20.3 Å². The molecule has 0 N–H and O–H groups in total. The van der Waals surface area contributed by atoms with Gasteiger partial charge in [-0.15, -0.1) is 0 Å². The van der Waals surface area contributed by atoms with E-state index >= 15 is 0 Å². The van der Waals surface area contributed by atoms with Gasteiger partial charge in [0.15, 0.2) is 0 Å². The lowest BCUT2D eigenvalue weighted by atomic mass is 10.4. The van der Waals surface area contributed by atoms with E-state index in [-0.39, 0.29) is 0 Å². The van der Waals surface area contributed by atoms with E-state index in [9.17, 15) is 0 Å². The summed E-state index contributed by atoms with van der Waals surface area (Å²) in [6.07, 6.45) is 1.35. The number of hydrogen-bond acceptors (Lipinski definition) is 0. The molecule has 6 heavy (non-hydrogen) atoms. The molecular formula is C5H9Br. The lowest BCUT2D eigenvalue weighted by molar-refractivity contribution is 0.891. The highest BCUT2D eigenvalue weighted by Gasteiger charge is 2.43. The molecule has 1 aliphatic rings. The van der Waals surface area contributed by atoms with Crippen LogP contribution in [-0.2, 0) is 0 Å². The molecule has 1 rings (SSSR count). The smallest absolute Gasteiger partial charge is 0.0258 e. The maximum Gasteiger partial charge on any atom is 0.0258 e. The van der Waals surface area contributed by atoms with Crippen LogP contribution in [0.15, 0.2) is 0 Å². The fourth-order valence-corrected chi connectivity index (χ4v) is 1.03. The Bertz CT molecular complexity index is 66.3. The standard InChI is InChI=1S/C5H9Br/c1-4-3-5(4,2)6/h4H,3H2,1-2H3/t4-,5-/m0/s1. The molecule has 1 fully saturated rings. The van der Waals surface area contributed by atoms with Crippen molar-refractivity contribution >= 4 is 15.9 Å². The first-order chi connectivity index (χ1) is 2.63. The zero-order chi connectivity index (χ0) is 4.78. The van der Waals surface area contributed by atoms with Crippen molar-refractivity contribution in [2.45, 2.75) is 24.6 Å². The Labute approximate surface area is 47.1 Å². The van der Waals surface area contributed by atoms with Crippen LogP contribution in [0.2, 0.25) is 0 Å². The van der Waals surface area contributed by atoms with Crippen molar-refractivity contribution in [2.24, 2.45) is 5.92 Å². The normalized spacial score (nSPS) is 55.5. The van der Waals surface area contributed by atoms with Gasteiger partial charge in [-0.1, -0.05) is 22.9 Å². The molecule has 0 spiro atoms. The van der Waals surface area contributed by atoms with Gasteiger partial charge in [-0.25, -0.2) is 0 Å². The first kappa shape index (κ1) is 4.63. The van der Waals surface area contributed by atoms with E-state index in [1.54, 1.807) is 0 Å². The molecule has 1 heteroatoms. The van der Waals surface area contributed by atoms with Gasteiger partial charge in [0.05, 0.1) is 0 Å². The summed E-state index contributed by atoms with van der Waals surface area (Å²) in [5, 5.41) is 0. The zero-order valence-electron chi connectivity index (χ0n) is 4.16. The number of rotatable bonds is 0. The minimum absolute atomic E-state index is 0.521. The predicted octanol–water partition coefficient (Wildman–Crippen LogP) is 2.18. The largest absolute Gasteiger partial charge is 0.0853 e. The van der Waals surface area contributed by atoms with Gasteiger partial charge >= 0.3 is 0 Å². The van der Waals surface area contributed by atoms with Crippen LogP contribution in [0, 0.1) is 5.92 Å². The van der Waals surface area contributed by atoms with Gasteiger partial charge in [-0.3, -0.25) is 0 Å². The Hall–Kier alpha value is 0.480. The van der Waals surface area contributed by atoms with Gasteiger partial charge in [-0.2, -0.15) is 0 Å². The number of alkyl halides is 1. The molecule has 36 valence electrons. The van der Waals surface area contributed by atoms with Crippen LogP contribution in [0.4, 0.5) is 0 Å². The second-order valence-electron chi connectivity index (χ2n) is 2.38. The van der Waals surface area contributed by atoms with Crippen LogP contribution in [0.25, 0.3) is 0 Å². The highest BCUT2D eigenvalue weighted by Crippen LogP contribution is 2.49. The summed E-state index contributed by atoms with van der Waals surface area (Å²) >= 11 is 3.55. The summed E-state index contributed by atoms with van der Waals surface area (Å²) in [5.41, 5.74) is 0. The Balaban J connectivity index is 2.41. The van der Waals surface area contributed by atoms with E-state index in [4.69, 9.17) is 0 Å². The van der Waals surface area contributed by atoms with Crippen molar-refractivity contribution in [3.8, 4) is 0 Å². The van der Waals surface area contributed by atoms with Crippen LogP contribution < -0.4 is 0 Å². The van der Waals surface area contributed by atoms with Crippen molar-refractivity contribution in [1.29, 1.82) is 0 Å². The summed E-state index contributed by atoms with van der Waals surface area (Å²) in [6, 6.07) is 0. The van der Waals surface area contributed by atoms with Crippen LogP contribution in [0.5, 0.6) is 0 Å². The van der Waals surface area contributed by atoms with Crippen molar-refractivity contribution in [3.05, 3.63) is 0 Å². The maximum absolute atomic E-state index is 3.55. The summed E-state index contributed by atoms with van der Waals surface area (Å²) in [4.78, 5) is 0.